The van der Waals surface area contributed by atoms with E-state index in [0.29, 0.717) is 0 Å². The van der Waals surface area contributed by atoms with Gasteiger partial charge in [0, 0.05) is 28.6 Å². The van der Waals surface area contributed by atoms with Crippen LogP contribution in [0.4, 0.5) is 0 Å². The second kappa shape index (κ2) is 8.06. The van der Waals surface area contributed by atoms with Crippen LogP contribution in [-0.4, -0.2) is 35.1 Å². The molecular formula is C15H29NS2. The molecule has 0 radical (unpaired) electrons. The number of thioether (sulfide) groups is 2. The van der Waals surface area contributed by atoms with Crippen molar-refractivity contribution in [1.29, 1.82) is 0 Å². The fourth-order valence-corrected chi connectivity index (χ4v) is 6.24. The highest BCUT2D eigenvalue weighted by atomic mass is 32.2. The molecule has 0 aromatic rings. The van der Waals surface area contributed by atoms with E-state index in [1.807, 2.05) is 0 Å². The molecule has 1 N–H and O–H groups in total. The standard InChI is InChI=1S/C15H29NS2/c1-3-8-16-15(14-11-17-9-10-18-14)13-6-4-12(2)5-7-13/h12-16H,3-11H2,1-2H3. The Kier molecular flexibility index (Phi) is 6.74. The SMILES string of the molecule is CCCNC(C1CCC(C)CC1)C1CSCCS1. The van der Waals surface area contributed by atoms with Gasteiger partial charge in [0.1, 0.15) is 0 Å². The molecular weight excluding hydrogens is 258 g/mol. The Labute approximate surface area is 122 Å². The van der Waals surface area contributed by atoms with Crippen molar-refractivity contribution in [2.75, 3.05) is 23.8 Å². The first kappa shape index (κ1) is 15.1. The number of nitrogens with one attached hydrogen (secondary N) is 1. The van der Waals surface area contributed by atoms with Crippen LogP contribution in [0.25, 0.3) is 0 Å². The summed E-state index contributed by atoms with van der Waals surface area (Å²) in [6.45, 7) is 5.92. The van der Waals surface area contributed by atoms with E-state index in [0.717, 1.165) is 23.1 Å². The van der Waals surface area contributed by atoms with E-state index in [4.69, 9.17) is 0 Å². The van der Waals surface area contributed by atoms with Crippen LogP contribution in [0.3, 0.4) is 0 Å². The molecule has 2 atom stereocenters. The molecule has 2 aliphatic rings. The highest BCUT2D eigenvalue weighted by Gasteiger charge is 2.32. The molecule has 1 saturated heterocycles. The summed E-state index contributed by atoms with van der Waals surface area (Å²) in [5, 5.41) is 4.76. The maximum Gasteiger partial charge on any atom is 0.0294 e. The molecule has 18 heavy (non-hydrogen) atoms. The zero-order chi connectivity index (χ0) is 12.8. The molecule has 0 spiro atoms. The maximum atomic E-state index is 3.89. The predicted octanol–water partition coefficient (Wildman–Crippen LogP) is 4.03. The Morgan fingerprint density at radius 1 is 1.17 bits per heavy atom. The Hall–Kier alpha value is 0.660. The van der Waals surface area contributed by atoms with Gasteiger partial charge in [0.05, 0.1) is 0 Å². The zero-order valence-electron chi connectivity index (χ0n) is 12.0. The Bertz CT molecular complexity index is 221. The number of hydrogen-bond acceptors (Lipinski definition) is 3. The average Bonchev–Trinajstić information content (AvgIpc) is 2.42. The van der Waals surface area contributed by atoms with Crippen molar-refractivity contribution in [2.24, 2.45) is 11.8 Å². The summed E-state index contributed by atoms with van der Waals surface area (Å²) in [6.07, 6.45) is 7.11. The van der Waals surface area contributed by atoms with Gasteiger partial charge in [-0.1, -0.05) is 26.7 Å². The molecule has 0 amide bonds. The van der Waals surface area contributed by atoms with Crippen LogP contribution in [0.15, 0.2) is 0 Å². The molecule has 1 nitrogen and oxygen atoms in total. The first-order chi connectivity index (χ1) is 8.81. The van der Waals surface area contributed by atoms with Crippen molar-refractivity contribution in [1.82, 2.24) is 5.32 Å². The fourth-order valence-electron chi connectivity index (χ4n) is 3.27. The van der Waals surface area contributed by atoms with Gasteiger partial charge in [-0.2, -0.15) is 23.5 Å². The Balaban J connectivity index is 1.90. The van der Waals surface area contributed by atoms with Crippen molar-refractivity contribution >= 4 is 23.5 Å². The third-order valence-electron chi connectivity index (χ3n) is 4.44. The van der Waals surface area contributed by atoms with Gasteiger partial charge in [-0.25, -0.2) is 0 Å². The minimum atomic E-state index is 0.787. The second-order valence-corrected chi connectivity index (χ2v) is 8.48. The van der Waals surface area contributed by atoms with Gasteiger partial charge in [0.15, 0.2) is 0 Å². The highest BCUT2D eigenvalue weighted by molar-refractivity contribution is 8.06. The van der Waals surface area contributed by atoms with Crippen molar-refractivity contribution in [3.05, 3.63) is 0 Å². The smallest absolute Gasteiger partial charge is 0.0294 e. The minimum Gasteiger partial charge on any atom is -0.313 e. The van der Waals surface area contributed by atoms with E-state index in [1.165, 1.54) is 55.9 Å². The molecule has 1 heterocycles. The molecule has 106 valence electrons. The lowest BCUT2D eigenvalue weighted by Crippen LogP contribution is -2.47. The van der Waals surface area contributed by atoms with E-state index in [9.17, 15) is 0 Å². The van der Waals surface area contributed by atoms with Crippen molar-refractivity contribution in [2.45, 2.75) is 57.2 Å². The van der Waals surface area contributed by atoms with Crippen LogP contribution in [0.1, 0.15) is 46.0 Å². The molecule has 1 saturated carbocycles. The van der Waals surface area contributed by atoms with Gasteiger partial charge in [-0.3, -0.25) is 0 Å². The van der Waals surface area contributed by atoms with Crippen LogP contribution < -0.4 is 5.32 Å². The second-order valence-electron chi connectivity index (χ2n) is 5.98. The Morgan fingerprint density at radius 3 is 2.56 bits per heavy atom. The van der Waals surface area contributed by atoms with Gasteiger partial charge in [0.25, 0.3) is 0 Å². The molecule has 2 unspecified atom stereocenters. The van der Waals surface area contributed by atoms with Crippen molar-refractivity contribution in [3.8, 4) is 0 Å². The number of rotatable bonds is 5. The first-order valence-electron chi connectivity index (χ1n) is 7.74. The third-order valence-corrected chi connectivity index (χ3v) is 7.33. The van der Waals surface area contributed by atoms with E-state index < -0.39 is 0 Å². The highest BCUT2D eigenvalue weighted by Crippen LogP contribution is 2.36. The van der Waals surface area contributed by atoms with E-state index in [1.54, 1.807) is 0 Å². The summed E-state index contributed by atoms with van der Waals surface area (Å²) in [4.78, 5) is 0. The first-order valence-corrected chi connectivity index (χ1v) is 9.94. The topological polar surface area (TPSA) is 12.0 Å². The third kappa shape index (κ3) is 4.35. The van der Waals surface area contributed by atoms with Gasteiger partial charge >= 0.3 is 0 Å². The van der Waals surface area contributed by atoms with Gasteiger partial charge in [0.2, 0.25) is 0 Å². The van der Waals surface area contributed by atoms with E-state index in [-0.39, 0.29) is 0 Å². The van der Waals surface area contributed by atoms with Crippen molar-refractivity contribution in [3.63, 3.8) is 0 Å². The van der Waals surface area contributed by atoms with Crippen molar-refractivity contribution < 1.29 is 0 Å². The van der Waals surface area contributed by atoms with E-state index >= 15 is 0 Å². The fraction of sp³-hybridized carbons (Fsp3) is 1.00. The van der Waals surface area contributed by atoms with Crippen LogP contribution in [0.5, 0.6) is 0 Å². The lowest BCUT2D eigenvalue weighted by atomic mass is 9.78. The summed E-state index contributed by atoms with van der Waals surface area (Å²) in [5.41, 5.74) is 0. The molecule has 0 aromatic heterocycles. The summed E-state index contributed by atoms with van der Waals surface area (Å²) in [7, 11) is 0. The number of hydrogen-bond donors (Lipinski definition) is 1. The van der Waals surface area contributed by atoms with E-state index in [2.05, 4.69) is 42.7 Å². The lowest BCUT2D eigenvalue weighted by molar-refractivity contribution is 0.230. The summed E-state index contributed by atoms with van der Waals surface area (Å²) in [6, 6.07) is 0.787. The maximum absolute atomic E-state index is 3.89. The molecule has 2 fully saturated rings. The zero-order valence-corrected chi connectivity index (χ0v) is 13.6. The van der Waals surface area contributed by atoms with Gasteiger partial charge < -0.3 is 5.32 Å². The van der Waals surface area contributed by atoms with Gasteiger partial charge in [-0.05, 0) is 37.6 Å². The predicted molar refractivity (Wildman–Crippen MR) is 86.8 cm³/mol. The largest absolute Gasteiger partial charge is 0.313 e. The van der Waals surface area contributed by atoms with Crippen LogP contribution in [-0.2, 0) is 0 Å². The summed E-state index contributed by atoms with van der Waals surface area (Å²) in [5.74, 6) is 6.02. The minimum absolute atomic E-state index is 0.787. The molecule has 0 aromatic carbocycles. The summed E-state index contributed by atoms with van der Waals surface area (Å²) >= 11 is 4.40. The summed E-state index contributed by atoms with van der Waals surface area (Å²) < 4.78 is 0. The average molecular weight is 288 g/mol. The normalized spacial score (nSPS) is 35.3. The lowest BCUT2D eigenvalue weighted by Gasteiger charge is -2.39. The molecule has 2 rings (SSSR count). The molecule has 1 aliphatic carbocycles. The molecule has 3 heteroatoms. The van der Waals surface area contributed by atoms with Crippen LogP contribution >= 0.6 is 23.5 Å². The Morgan fingerprint density at radius 2 is 1.94 bits per heavy atom. The molecule has 1 aliphatic heterocycles. The quantitative estimate of drug-likeness (QED) is 0.820. The van der Waals surface area contributed by atoms with Crippen LogP contribution in [0, 0.1) is 11.8 Å². The molecule has 0 bridgehead atoms. The van der Waals surface area contributed by atoms with Crippen LogP contribution in [0.2, 0.25) is 0 Å². The monoisotopic (exact) mass is 287 g/mol. The van der Waals surface area contributed by atoms with Gasteiger partial charge in [-0.15, -0.1) is 0 Å².